The largest absolute Gasteiger partial charge is 0.355 e. The monoisotopic (exact) mass is 249 g/mol. The highest BCUT2D eigenvalue weighted by molar-refractivity contribution is 5.82. The number of hydrogen-bond acceptors (Lipinski definition) is 1. The van der Waals surface area contributed by atoms with Gasteiger partial charge in [0.2, 0.25) is 5.91 Å². The Morgan fingerprint density at radius 3 is 2.78 bits per heavy atom. The summed E-state index contributed by atoms with van der Waals surface area (Å²) in [5.41, 5.74) is 0.744. The fourth-order valence-electron chi connectivity index (χ4n) is 2.61. The molecule has 0 heterocycles. The lowest BCUT2D eigenvalue weighted by atomic mass is 9.88. The summed E-state index contributed by atoms with van der Waals surface area (Å²) in [6.07, 6.45) is 4.94. The zero-order valence-electron chi connectivity index (χ0n) is 10.8. The quantitative estimate of drug-likeness (QED) is 0.873. The zero-order valence-corrected chi connectivity index (χ0v) is 10.8. The summed E-state index contributed by atoms with van der Waals surface area (Å²) in [6.45, 7) is 2.62. The molecule has 0 aliphatic heterocycles. The second kappa shape index (κ2) is 5.51. The predicted molar refractivity (Wildman–Crippen MR) is 69.7 cm³/mol. The van der Waals surface area contributed by atoms with E-state index in [4.69, 9.17) is 0 Å². The molecular formula is C15H20FNO. The van der Waals surface area contributed by atoms with Gasteiger partial charge >= 0.3 is 0 Å². The van der Waals surface area contributed by atoms with Gasteiger partial charge < -0.3 is 5.32 Å². The molecule has 1 saturated carbocycles. The average Bonchev–Trinajstić information content (AvgIpc) is 2.77. The number of amides is 1. The first-order chi connectivity index (χ1) is 8.60. The van der Waals surface area contributed by atoms with E-state index >= 15 is 0 Å². The summed E-state index contributed by atoms with van der Waals surface area (Å²) in [6, 6.07) is 6.53. The van der Waals surface area contributed by atoms with E-state index in [1.54, 1.807) is 6.07 Å². The van der Waals surface area contributed by atoms with E-state index in [1.807, 2.05) is 13.0 Å². The maximum atomic E-state index is 13.0. The van der Waals surface area contributed by atoms with Gasteiger partial charge in [-0.2, -0.15) is 0 Å². The van der Waals surface area contributed by atoms with Crippen molar-refractivity contribution in [3.63, 3.8) is 0 Å². The van der Waals surface area contributed by atoms with Crippen molar-refractivity contribution in [1.29, 1.82) is 0 Å². The Hall–Kier alpha value is -1.38. The van der Waals surface area contributed by atoms with Crippen LogP contribution in [0.4, 0.5) is 4.39 Å². The Morgan fingerprint density at radius 2 is 2.11 bits per heavy atom. The first-order valence-electron chi connectivity index (χ1n) is 6.63. The van der Waals surface area contributed by atoms with Crippen molar-refractivity contribution in [2.75, 3.05) is 6.54 Å². The molecule has 0 aromatic heterocycles. The van der Waals surface area contributed by atoms with Gasteiger partial charge in [-0.1, -0.05) is 31.9 Å². The first kappa shape index (κ1) is 13.1. The number of halogens is 1. The molecule has 1 N–H and O–H groups in total. The highest BCUT2D eigenvalue weighted by Crippen LogP contribution is 2.37. The van der Waals surface area contributed by atoms with Gasteiger partial charge in [0.1, 0.15) is 5.82 Å². The van der Waals surface area contributed by atoms with Gasteiger partial charge in [0, 0.05) is 12.0 Å². The molecule has 98 valence electrons. The van der Waals surface area contributed by atoms with Gasteiger partial charge in [0.05, 0.1) is 0 Å². The lowest BCUT2D eigenvalue weighted by Crippen LogP contribution is -2.38. The summed E-state index contributed by atoms with van der Waals surface area (Å²) in [5.74, 6) is -0.0713. The lowest BCUT2D eigenvalue weighted by molar-refractivity contribution is -0.129. The average molecular weight is 249 g/mol. The predicted octanol–water partition coefficient (Wildman–Crippen LogP) is 3.06. The molecule has 2 rings (SSSR count). The summed E-state index contributed by atoms with van der Waals surface area (Å²) in [5, 5.41) is 2.97. The normalized spacial score (nSPS) is 17.7. The third kappa shape index (κ3) is 3.09. The van der Waals surface area contributed by atoms with E-state index in [1.165, 1.54) is 12.1 Å². The van der Waals surface area contributed by atoms with Crippen molar-refractivity contribution < 1.29 is 9.18 Å². The van der Waals surface area contributed by atoms with Gasteiger partial charge in [-0.15, -0.1) is 0 Å². The van der Waals surface area contributed by atoms with Crippen LogP contribution in [0.5, 0.6) is 0 Å². The molecule has 3 heteroatoms. The Balaban J connectivity index is 1.80. The molecule has 0 unspecified atom stereocenters. The van der Waals surface area contributed by atoms with Gasteiger partial charge in [-0.05, 0) is 37.0 Å². The molecule has 2 nitrogen and oxygen atoms in total. The third-order valence-electron chi connectivity index (χ3n) is 3.84. The smallest absolute Gasteiger partial charge is 0.225 e. The Morgan fingerprint density at radius 1 is 1.39 bits per heavy atom. The highest BCUT2D eigenvalue weighted by Gasteiger charge is 2.35. The second-order valence-corrected chi connectivity index (χ2v) is 5.40. The van der Waals surface area contributed by atoms with E-state index in [0.717, 1.165) is 31.2 Å². The Labute approximate surface area is 108 Å². The van der Waals surface area contributed by atoms with E-state index in [0.29, 0.717) is 13.0 Å². The molecule has 0 saturated heterocycles. The molecule has 18 heavy (non-hydrogen) atoms. The van der Waals surface area contributed by atoms with Crippen LogP contribution in [0.2, 0.25) is 0 Å². The fourth-order valence-corrected chi connectivity index (χ4v) is 2.61. The van der Waals surface area contributed by atoms with Gasteiger partial charge in [0.15, 0.2) is 0 Å². The van der Waals surface area contributed by atoms with E-state index in [9.17, 15) is 9.18 Å². The maximum Gasteiger partial charge on any atom is 0.225 e. The third-order valence-corrected chi connectivity index (χ3v) is 3.84. The molecule has 0 radical (unpaired) electrons. The van der Waals surface area contributed by atoms with Crippen molar-refractivity contribution in [3.8, 4) is 0 Å². The van der Waals surface area contributed by atoms with Crippen LogP contribution >= 0.6 is 0 Å². The number of rotatable bonds is 4. The second-order valence-electron chi connectivity index (χ2n) is 5.40. The molecule has 1 fully saturated rings. The van der Waals surface area contributed by atoms with E-state index in [-0.39, 0.29) is 17.1 Å². The Kier molecular flexibility index (Phi) is 4.00. The van der Waals surface area contributed by atoms with Crippen LogP contribution in [0.25, 0.3) is 0 Å². The van der Waals surface area contributed by atoms with Crippen LogP contribution in [-0.4, -0.2) is 12.5 Å². The summed E-state index contributed by atoms with van der Waals surface area (Å²) in [7, 11) is 0. The van der Waals surface area contributed by atoms with Gasteiger partial charge in [-0.3, -0.25) is 4.79 Å². The molecule has 0 atom stereocenters. The number of nitrogens with one attached hydrogen (secondary N) is 1. The summed E-state index contributed by atoms with van der Waals surface area (Å²) < 4.78 is 13.0. The topological polar surface area (TPSA) is 29.1 Å². The molecule has 1 amide bonds. The lowest BCUT2D eigenvalue weighted by Gasteiger charge is -2.22. The van der Waals surface area contributed by atoms with Crippen molar-refractivity contribution in [3.05, 3.63) is 35.6 Å². The van der Waals surface area contributed by atoms with Crippen LogP contribution in [0, 0.1) is 11.2 Å². The number of hydrogen-bond donors (Lipinski definition) is 1. The van der Waals surface area contributed by atoms with Crippen LogP contribution in [-0.2, 0) is 11.2 Å². The van der Waals surface area contributed by atoms with Crippen LogP contribution in [0.3, 0.4) is 0 Å². The number of carbonyl (C=O) groups excluding carboxylic acids is 1. The molecule has 1 aliphatic carbocycles. The molecule has 0 bridgehead atoms. The first-order valence-corrected chi connectivity index (χ1v) is 6.63. The molecule has 1 aromatic carbocycles. The molecular weight excluding hydrogens is 229 g/mol. The van der Waals surface area contributed by atoms with Crippen molar-refractivity contribution in [2.24, 2.45) is 5.41 Å². The van der Waals surface area contributed by atoms with Crippen molar-refractivity contribution in [1.82, 2.24) is 5.32 Å². The molecule has 1 aliphatic rings. The SMILES string of the molecule is CC1(C(=O)NCCc2cccc(F)c2)CCCC1. The maximum absolute atomic E-state index is 13.0. The van der Waals surface area contributed by atoms with Gasteiger partial charge in [0.25, 0.3) is 0 Å². The minimum atomic E-state index is -0.221. The van der Waals surface area contributed by atoms with Crippen LogP contribution in [0.15, 0.2) is 24.3 Å². The minimum absolute atomic E-state index is 0.149. The fraction of sp³-hybridized carbons (Fsp3) is 0.533. The van der Waals surface area contributed by atoms with Crippen LogP contribution < -0.4 is 5.32 Å². The zero-order chi connectivity index (χ0) is 13.0. The van der Waals surface area contributed by atoms with Crippen molar-refractivity contribution >= 4 is 5.91 Å². The number of carbonyl (C=O) groups is 1. The highest BCUT2D eigenvalue weighted by atomic mass is 19.1. The van der Waals surface area contributed by atoms with E-state index < -0.39 is 0 Å². The molecule has 0 spiro atoms. The molecule has 1 aromatic rings. The summed E-state index contributed by atoms with van der Waals surface area (Å²) in [4.78, 5) is 12.0. The standard InChI is InChI=1S/C15H20FNO/c1-15(8-2-3-9-15)14(18)17-10-7-12-5-4-6-13(16)11-12/h4-6,11H,2-3,7-10H2,1H3,(H,17,18). The van der Waals surface area contributed by atoms with E-state index in [2.05, 4.69) is 5.32 Å². The Bertz CT molecular complexity index is 424. The summed E-state index contributed by atoms with van der Waals surface area (Å²) >= 11 is 0. The van der Waals surface area contributed by atoms with Crippen LogP contribution in [0.1, 0.15) is 38.2 Å². The minimum Gasteiger partial charge on any atom is -0.355 e. The number of benzene rings is 1. The van der Waals surface area contributed by atoms with Gasteiger partial charge in [-0.25, -0.2) is 4.39 Å². The van der Waals surface area contributed by atoms with Crippen molar-refractivity contribution in [2.45, 2.75) is 39.0 Å².